The van der Waals surface area contributed by atoms with E-state index in [4.69, 9.17) is 0 Å². The molecule has 0 aromatic carbocycles. The third-order valence-electron chi connectivity index (χ3n) is 4.45. The first-order valence-corrected chi connectivity index (χ1v) is 6.71. The third kappa shape index (κ3) is 2.58. The maximum absolute atomic E-state index is 13.6. The molecule has 0 aromatic rings. The van der Waals surface area contributed by atoms with Crippen LogP contribution in [0.25, 0.3) is 0 Å². The van der Waals surface area contributed by atoms with E-state index in [0.717, 1.165) is 24.9 Å². The predicted molar refractivity (Wildman–Crippen MR) is 66.2 cm³/mol. The van der Waals surface area contributed by atoms with Crippen LogP contribution in [0.2, 0.25) is 0 Å². The molecule has 16 heavy (non-hydrogen) atoms. The minimum atomic E-state index is -1.03. The van der Waals surface area contributed by atoms with E-state index in [1.165, 1.54) is 19.3 Å². The average Bonchev–Trinajstić information content (AvgIpc) is 2.42. The lowest BCUT2D eigenvalue weighted by molar-refractivity contribution is 0.0283. The van der Waals surface area contributed by atoms with E-state index in [9.17, 15) is 4.39 Å². The van der Waals surface area contributed by atoms with Crippen molar-refractivity contribution in [3.63, 3.8) is 0 Å². The minimum Gasteiger partial charge on any atom is -0.300 e. The van der Waals surface area contributed by atoms with Gasteiger partial charge in [-0.25, -0.2) is 4.39 Å². The van der Waals surface area contributed by atoms with Gasteiger partial charge in [-0.2, -0.15) is 0 Å². The van der Waals surface area contributed by atoms with E-state index < -0.39 is 5.67 Å². The fraction of sp³-hybridized carbons (Fsp3) is 1.00. The molecule has 0 atom stereocenters. The lowest BCUT2D eigenvalue weighted by Gasteiger charge is -2.47. The van der Waals surface area contributed by atoms with Crippen LogP contribution in [0.4, 0.5) is 4.39 Å². The van der Waals surface area contributed by atoms with Gasteiger partial charge in [0, 0.05) is 13.1 Å². The standard InChI is InChI=1S/C14H26FN/c1-11(2)12-7-14(8-12)5-6-16(10-14)9-13(3,4)15/h11-12H,5-10H2,1-4H3. The summed E-state index contributed by atoms with van der Waals surface area (Å²) in [5.74, 6) is 1.76. The van der Waals surface area contributed by atoms with Crippen molar-refractivity contribution in [3.8, 4) is 0 Å². The molecular weight excluding hydrogens is 201 g/mol. The highest BCUT2D eigenvalue weighted by atomic mass is 19.1. The zero-order chi connectivity index (χ0) is 12.0. The topological polar surface area (TPSA) is 3.24 Å². The summed E-state index contributed by atoms with van der Waals surface area (Å²) in [7, 11) is 0. The summed E-state index contributed by atoms with van der Waals surface area (Å²) in [6.07, 6.45) is 4.06. The quantitative estimate of drug-likeness (QED) is 0.713. The van der Waals surface area contributed by atoms with Crippen molar-refractivity contribution in [2.45, 2.75) is 52.6 Å². The molecule has 2 rings (SSSR count). The van der Waals surface area contributed by atoms with Crippen LogP contribution in [-0.2, 0) is 0 Å². The van der Waals surface area contributed by atoms with Crippen LogP contribution in [0.15, 0.2) is 0 Å². The normalized spacial score (nSPS) is 36.0. The summed E-state index contributed by atoms with van der Waals surface area (Å²) in [5.41, 5.74) is -0.465. The number of nitrogens with zero attached hydrogens (tertiary/aromatic N) is 1. The first kappa shape index (κ1) is 12.3. The molecule has 2 fully saturated rings. The molecule has 0 bridgehead atoms. The van der Waals surface area contributed by atoms with Crippen molar-refractivity contribution in [2.24, 2.45) is 17.3 Å². The molecular formula is C14H26FN. The number of alkyl halides is 1. The van der Waals surface area contributed by atoms with Gasteiger partial charge in [0.25, 0.3) is 0 Å². The highest BCUT2D eigenvalue weighted by molar-refractivity contribution is 5.01. The Kier molecular flexibility index (Phi) is 3.07. The largest absolute Gasteiger partial charge is 0.300 e. The Hall–Kier alpha value is -0.110. The molecule has 94 valence electrons. The third-order valence-corrected chi connectivity index (χ3v) is 4.45. The van der Waals surface area contributed by atoms with E-state index in [1.54, 1.807) is 13.8 Å². The second-order valence-electron chi connectivity index (χ2n) is 7.09. The van der Waals surface area contributed by atoms with Gasteiger partial charge < -0.3 is 0 Å². The van der Waals surface area contributed by atoms with Gasteiger partial charge in [0.15, 0.2) is 0 Å². The molecule has 0 unspecified atom stereocenters. The van der Waals surface area contributed by atoms with Crippen LogP contribution < -0.4 is 0 Å². The monoisotopic (exact) mass is 227 g/mol. The summed E-state index contributed by atoms with van der Waals surface area (Å²) in [6, 6.07) is 0. The highest BCUT2D eigenvalue weighted by Gasteiger charge is 2.49. The van der Waals surface area contributed by atoms with Crippen LogP contribution in [0.5, 0.6) is 0 Å². The fourth-order valence-corrected chi connectivity index (χ4v) is 3.55. The molecule has 0 radical (unpaired) electrons. The number of likely N-dealkylation sites (tertiary alicyclic amines) is 1. The van der Waals surface area contributed by atoms with Gasteiger partial charge in [-0.15, -0.1) is 0 Å². The summed E-state index contributed by atoms with van der Waals surface area (Å²) in [5, 5.41) is 0. The van der Waals surface area contributed by atoms with Crippen LogP contribution in [0.1, 0.15) is 47.0 Å². The molecule has 2 heteroatoms. The maximum atomic E-state index is 13.6. The Morgan fingerprint density at radius 2 is 2.00 bits per heavy atom. The first-order valence-electron chi connectivity index (χ1n) is 6.71. The number of halogens is 1. The predicted octanol–water partition coefficient (Wildman–Crippen LogP) is 3.49. The van der Waals surface area contributed by atoms with Crippen molar-refractivity contribution >= 4 is 0 Å². The van der Waals surface area contributed by atoms with Crippen LogP contribution in [0, 0.1) is 17.3 Å². The van der Waals surface area contributed by atoms with Crippen molar-refractivity contribution < 1.29 is 4.39 Å². The van der Waals surface area contributed by atoms with Crippen LogP contribution in [0.3, 0.4) is 0 Å². The van der Waals surface area contributed by atoms with E-state index in [0.29, 0.717) is 12.0 Å². The van der Waals surface area contributed by atoms with Gasteiger partial charge in [0.05, 0.1) is 0 Å². The Morgan fingerprint density at radius 1 is 1.38 bits per heavy atom. The van der Waals surface area contributed by atoms with Gasteiger partial charge >= 0.3 is 0 Å². The highest BCUT2D eigenvalue weighted by Crippen LogP contribution is 2.54. The zero-order valence-corrected chi connectivity index (χ0v) is 11.2. The first-order chi connectivity index (χ1) is 7.30. The Morgan fingerprint density at radius 3 is 2.50 bits per heavy atom. The van der Waals surface area contributed by atoms with Gasteiger partial charge in [0.2, 0.25) is 0 Å². The van der Waals surface area contributed by atoms with Gasteiger partial charge in [-0.1, -0.05) is 13.8 Å². The van der Waals surface area contributed by atoms with Gasteiger partial charge in [-0.05, 0) is 56.9 Å². The molecule has 1 spiro atoms. The zero-order valence-electron chi connectivity index (χ0n) is 11.2. The Bertz CT molecular complexity index is 248. The lowest BCUT2D eigenvalue weighted by Crippen LogP contribution is -2.43. The average molecular weight is 227 g/mol. The molecule has 0 aromatic heterocycles. The van der Waals surface area contributed by atoms with Crippen molar-refractivity contribution in [2.75, 3.05) is 19.6 Å². The number of hydrogen-bond donors (Lipinski definition) is 0. The molecule has 1 saturated heterocycles. The molecule has 0 N–H and O–H groups in total. The number of rotatable bonds is 3. The molecule has 1 aliphatic carbocycles. The van der Waals surface area contributed by atoms with Crippen LogP contribution >= 0.6 is 0 Å². The molecule has 1 saturated carbocycles. The Balaban J connectivity index is 1.81. The fourth-order valence-electron chi connectivity index (χ4n) is 3.55. The molecule has 1 nitrogen and oxygen atoms in total. The SMILES string of the molecule is CC(C)C1CC2(CCN(CC(C)(C)F)C2)C1. The van der Waals surface area contributed by atoms with E-state index in [-0.39, 0.29) is 0 Å². The molecule has 1 heterocycles. The molecule has 2 aliphatic rings. The summed E-state index contributed by atoms with van der Waals surface area (Å²) >= 11 is 0. The smallest absolute Gasteiger partial charge is 0.118 e. The molecule has 0 amide bonds. The molecule has 1 aliphatic heterocycles. The second kappa shape index (κ2) is 3.97. The van der Waals surface area contributed by atoms with Gasteiger partial charge in [-0.3, -0.25) is 4.90 Å². The maximum Gasteiger partial charge on any atom is 0.118 e. The van der Waals surface area contributed by atoms with E-state index in [1.807, 2.05) is 0 Å². The van der Waals surface area contributed by atoms with E-state index in [2.05, 4.69) is 18.7 Å². The number of hydrogen-bond acceptors (Lipinski definition) is 1. The second-order valence-corrected chi connectivity index (χ2v) is 7.09. The summed E-state index contributed by atoms with van der Waals surface area (Å²) in [6.45, 7) is 10.9. The van der Waals surface area contributed by atoms with Crippen molar-refractivity contribution in [3.05, 3.63) is 0 Å². The van der Waals surface area contributed by atoms with Crippen molar-refractivity contribution in [1.82, 2.24) is 4.90 Å². The lowest BCUT2D eigenvalue weighted by atomic mass is 9.58. The van der Waals surface area contributed by atoms with Crippen molar-refractivity contribution in [1.29, 1.82) is 0 Å². The van der Waals surface area contributed by atoms with Crippen LogP contribution in [-0.4, -0.2) is 30.2 Å². The Labute approximate surface area is 99.4 Å². The summed E-state index contributed by atoms with van der Waals surface area (Å²) in [4.78, 5) is 2.33. The van der Waals surface area contributed by atoms with Gasteiger partial charge in [0.1, 0.15) is 5.67 Å². The van der Waals surface area contributed by atoms with E-state index >= 15 is 0 Å². The minimum absolute atomic E-state index is 0.570. The summed E-state index contributed by atoms with van der Waals surface area (Å²) < 4.78 is 13.6.